The minimum absolute atomic E-state index is 0.0109. The quantitative estimate of drug-likeness (QED) is 0.542. The van der Waals surface area contributed by atoms with Crippen LogP contribution in [0.15, 0.2) is 42.6 Å². The smallest absolute Gasteiger partial charge is 0.187 e. The SMILES string of the molecule is COc1cc2nc(-c3nnc4ccc([C@H](C)N5C[C@@H](N)[C@@H](F)C5)cn34)ccc2cc1F. The number of hydrogen-bond donors (Lipinski definition) is 1. The van der Waals surface area contributed by atoms with Crippen molar-refractivity contribution in [2.45, 2.75) is 25.2 Å². The average molecular weight is 424 g/mol. The summed E-state index contributed by atoms with van der Waals surface area (Å²) >= 11 is 0. The Kier molecular flexibility index (Phi) is 4.79. The number of hydrogen-bond acceptors (Lipinski definition) is 6. The van der Waals surface area contributed by atoms with E-state index in [4.69, 9.17) is 10.5 Å². The van der Waals surface area contributed by atoms with Crippen molar-refractivity contribution in [2.24, 2.45) is 5.73 Å². The number of nitrogens with zero attached hydrogens (tertiary/aromatic N) is 5. The molecule has 1 aliphatic rings. The second kappa shape index (κ2) is 7.51. The second-order valence-corrected chi connectivity index (χ2v) is 7.90. The summed E-state index contributed by atoms with van der Waals surface area (Å²) in [6.45, 7) is 2.87. The number of aromatic nitrogens is 4. The van der Waals surface area contributed by atoms with Gasteiger partial charge in [-0.2, -0.15) is 0 Å². The third kappa shape index (κ3) is 3.39. The zero-order valence-corrected chi connectivity index (χ0v) is 17.2. The van der Waals surface area contributed by atoms with E-state index in [-0.39, 0.29) is 11.8 Å². The van der Waals surface area contributed by atoms with Crippen LogP contribution in [0.1, 0.15) is 18.5 Å². The number of methoxy groups -OCH3 is 1. The molecule has 160 valence electrons. The van der Waals surface area contributed by atoms with Crippen LogP contribution in [0.3, 0.4) is 0 Å². The lowest BCUT2D eigenvalue weighted by Gasteiger charge is -2.24. The van der Waals surface area contributed by atoms with E-state index in [1.165, 1.54) is 13.2 Å². The zero-order valence-electron chi connectivity index (χ0n) is 17.2. The van der Waals surface area contributed by atoms with Gasteiger partial charge in [0.15, 0.2) is 23.0 Å². The zero-order chi connectivity index (χ0) is 21.7. The van der Waals surface area contributed by atoms with Crippen molar-refractivity contribution >= 4 is 16.6 Å². The number of ether oxygens (including phenoxy) is 1. The van der Waals surface area contributed by atoms with Gasteiger partial charge in [-0.15, -0.1) is 10.2 Å². The topological polar surface area (TPSA) is 81.6 Å². The summed E-state index contributed by atoms with van der Waals surface area (Å²) in [6.07, 6.45) is 0.934. The first-order chi connectivity index (χ1) is 14.9. The molecule has 0 unspecified atom stereocenters. The molecule has 0 bridgehead atoms. The molecule has 2 N–H and O–H groups in total. The number of pyridine rings is 2. The van der Waals surface area contributed by atoms with E-state index in [9.17, 15) is 8.78 Å². The third-order valence-electron chi connectivity index (χ3n) is 5.97. The molecule has 0 amide bonds. The monoisotopic (exact) mass is 424 g/mol. The van der Waals surface area contributed by atoms with E-state index < -0.39 is 18.0 Å². The Bertz CT molecular complexity index is 1270. The van der Waals surface area contributed by atoms with Crippen LogP contribution >= 0.6 is 0 Å². The predicted octanol–water partition coefficient (Wildman–Crippen LogP) is 3.13. The molecular formula is C22H22F2N6O. The molecular weight excluding hydrogens is 402 g/mol. The molecule has 3 atom stereocenters. The Morgan fingerprint density at radius 3 is 2.74 bits per heavy atom. The fourth-order valence-corrected chi connectivity index (χ4v) is 4.08. The minimum Gasteiger partial charge on any atom is -0.494 e. The van der Waals surface area contributed by atoms with Crippen molar-refractivity contribution in [3.05, 3.63) is 54.0 Å². The molecule has 1 aromatic carbocycles. The second-order valence-electron chi connectivity index (χ2n) is 7.90. The van der Waals surface area contributed by atoms with Gasteiger partial charge in [0, 0.05) is 42.8 Å². The summed E-state index contributed by atoms with van der Waals surface area (Å²) in [4.78, 5) is 6.68. The normalized spacial score (nSPS) is 20.5. The summed E-state index contributed by atoms with van der Waals surface area (Å²) < 4.78 is 34.8. The highest BCUT2D eigenvalue weighted by molar-refractivity contribution is 5.82. The summed E-state index contributed by atoms with van der Waals surface area (Å²) in [5, 5.41) is 9.21. The molecule has 5 rings (SSSR count). The Balaban J connectivity index is 1.54. The molecule has 1 aliphatic heterocycles. The molecule has 1 fully saturated rings. The molecule has 0 saturated carbocycles. The van der Waals surface area contributed by atoms with Crippen molar-refractivity contribution < 1.29 is 13.5 Å². The van der Waals surface area contributed by atoms with Gasteiger partial charge in [-0.25, -0.2) is 13.8 Å². The van der Waals surface area contributed by atoms with Crippen LogP contribution in [-0.2, 0) is 0 Å². The van der Waals surface area contributed by atoms with Gasteiger partial charge in [0.05, 0.1) is 12.6 Å². The van der Waals surface area contributed by atoms with Crippen LogP contribution in [0.4, 0.5) is 8.78 Å². The highest BCUT2D eigenvalue weighted by Crippen LogP contribution is 2.29. The maximum absolute atomic E-state index is 14.0. The summed E-state index contributed by atoms with van der Waals surface area (Å²) in [5.74, 6) is 0.262. The maximum Gasteiger partial charge on any atom is 0.187 e. The first kappa shape index (κ1) is 19.8. The van der Waals surface area contributed by atoms with Gasteiger partial charge in [0.2, 0.25) is 0 Å². The van der Waals surface area contributed by atoms with Crippen LogP contribution in [0.2, 0.25) is 0 Å². The Morgan fingerprint density at radius 1 is 1.16 bits per heavy atom. The van der Waals surface area contributed by atoms with Crippen LogP contribution < -0.4 is 10.5 Å². The minimum atomic E-state index is -1.01. The number of benzene rings is 1. The lowest BCUT2D eigenvalue weighted by molar-refractivity contribution is 0.235. The van der Waals surface area contributed by atoms with Crippen molar-refractivity contribution in [1.82, 2.24) is 24.5 Å². The third-order valence-corrected chi connectivity index (χ3v) is 5.97. The van der Waals surface area contributed by atoms with Gasteiger partial charge in [-0.3, -0.25) is 9.30 Å². The van der Waals surface area contributed by atoms with Crippen LogP contribution in [0.25, 0.3) is 28.1 Å². The van der Waals surface area contributed by atoms with E-state index >= 15 is 0 Å². The van der Waals surface area contributed by atoms with Crippen molar-refractivity contribution in [3.63, 3.8) is 0 Å². The lowest BCUT2D eigenvalue weighted by atomic mass is 10.1. The van der Waals surface area contributed by atoms with Crippen LogP contribution in [0.5, 0.6) is 5.75 Å². The number of likely N-dealkylation sites (tertiary alicyclic amines) is 1. The number of alkyl halides is 1. The standard InChI is InChI=1S/C22H22F2N6O/c1-12(29-10-16(24)17(25)11-29)14-4-6-21-27-28-22(30(21)9-14)18-5-3-13-7-15(23)20(31-2)8-19(13)26-18/h3-9,12,16-17H,10-11,25H2,1-2H3/t12-,16-,17+/m0/s1. The van der Waals surface area contributed by atoms with Crippen molar-refractivity contribution in [1.29, 1.82) is 0 Å². The first-order valence-corrected chi connectivity index (χ1v) is 10.1. The summed E-state index contributed by atoms with van der Waals surface area (Å²) in [7, 11) is 1.42. The Morgan fingerprint density at radius 2 is 2.00 bits per heavy atom. The predicted molar refractivity (Wildman–Crippen MR) is 113 cm³/mol. The van der Waals surface area contributed by atoms with Crippen molar-refractivity contribution in [3.8, 4) is 17.3 Å². The fraction of sp³-hybridized carbons (Fsp3) is 0.318. The van der Waals surface area contributed by atoms with Gasteiger partial charge in [0.25, 0.3) is 0 Å². The van der Waals surface area contributed by atoms with Crippen LogP contribution in [0, 0.1) is 5.82 Å². The molecule has 31 heavy (non-hydrogen) atoms. The average Bonchev–Trinajstić information content (AvgIpc) is 3.35. The molecule has 0 radical (unpaired) electrons. The Labute approximate surface area is 177 Å². The van der Waals surface area contributed by atoms with Crippen molar-refractivity contribution in [2.75, 3.05) is 20.2 Å². The lowest BCUT2D eigenvalue weighted by Crippen LogP contribution is -2.31. The first-order valence-electron chi connectivity index (χ1n) is 10.1. The number of halogens is 2. The number of fused-ring (bicyclic) bond motifs is 2. The molecule has 0 spiro atoms. The van der Waals surface area contributed by atoms with E-state index in [2.05, 4.69) is 15.2 Å². The molecule has 9 heteroatoms. The van der Waals surface area contributed by atoms with Gasteiger partial charge in [0.1, 0.15) is 11.9 Å². The molecule has 7 nitrogen and oxygen atoms in total. The van der Waals surface area contributed by atoms with E-state index in [0.717, 1.165) is 5.56 Å². The molecule has 3 aromatic heterocycles. The van der Waals surface area contributed by atoms with Crippen LogP contribution in [-0.4, -0.2) is 56.9 Å². The highest BCUT2D eigenvalue weighted by atomic mass is 19.1. The van der Waals surface area contributed by atoms with Gasteiger partial charge in [-0.1, -0.05) is 12.1 Å². The largest absolute Gasteiger partial charge is 0.494 e. The van der Waals surface area contributed by atoms with Gasteiger partial charge >= 0.3 is 0 Å². The highest BCUT2D eigenvalue weighted by Gasteiger charge is 2.33. The molecule has 4 aromatic rings. The number of nitrogens with two attached hydrogens (primary N) is 1. The van der Waals surface area contributed by atoms with Gasteiger partial charge in [-0.05, 0) is 30.7 Å². The maximum atomic E-state index is 14.0. The number of rotatable bonds is 4. The molecule has 1 saturated heterocycles. The fourth-order valence-electron chi connectivity index (χ4n) is 4.08. The molecule has 4 heterocycles. The van der Waals surface area contributed by atoms with E-state index in [1.54, 1.807) is 18.2 Å². The Hall–Kier alpha value is -3.17. The summed E-state index contributed by atoms with van der Waals surface area (Å²) in [6, 6.07) is 9.92. The molecule has 0 aliphatic carbocycles. The van der Waals surface area contributed by atoms with Gasteiger partial charge < -0.3 is 10.5 Å². The summed E-state index contributed by atoms with van der Waals surface area (Å²) in [5.41, 5.74) is 8.72. The van der Waals surface area contributed by atoms with E-state index in [0.29, 0.717) is 41.2 Å². The van der Waals surface area contributed by atoms with E-state index in [1.807, 2.05) is 34.6 Å².